The average Bonchev–Trinajstić information content (AvgIpc) is 3.22. The highest BCUT2D eigenvalue weighted by Gasteiger charge is 2.23. The second-order valence-corrected chi connectivity index (χ2v) is 8.18. The Hall–Kier alpha value is -2.68. The van der Waals surface area contributed by atoms with Crippen molar-refractivity contribution >= 4 is 33.0 Å². The maximum Gasteiger partial charge on any atom is 0.239 e. The number of benzene rings is 2. The molecule has 0 saturated heterocycles. The molecule has 27 heavy (non-hydrogen) atoms. The molecule has 1 aliphatic carbocycles. The van der Waals surface area contributed by atoms with Crippen LogP contribution in [0.4, 0.5) is 5.00 Å². The zero-order chi connectivity index (χ0) is 18.8. The molecular weight excluding hydrogens is 354 g/mol. The van der Waals surface area contributed by atoms with Crippen molar-refractivity contribution in [2.24, 2.45) is 0 Å². The molecule has 0 fully saturated rings. The Morgan fingerprint density at radius 1 is 1.22 bits per heavy atom. The molecule has 4 rings (SSSR count). The summed E-state index contributed by atoms with van der Waals surface area (Å²) in [6.45, 7) is 0.991. The molecule has 3 aromatic rings. The Kier molecular flexibility index (Phi) is 4.93. The molecular formula is C22H21N3OS. The molecule has 0 radical (unpaired) electrons. The van der Waals surface area contributed by atoms with Gasteiger partial charge in [0.15, 0.2) is 0 Å². The normalized spacial score (nSPS) is 12.9. The Morgan fingerprint density at radius 2 is 2.04 bits per heavy atom. The van der Waals surface area contributed by atoms with Crippen molar-refractivity contribution in [1.82, 2.24) is 4.90 Å². The molecule has 1 amide bonds. The van der Waals surface area contributed by atoms with Crippen LogP contribution < -0.4 is 5.32 Å². The van der Waals surface area contributed by atoms with Gasteiger partial charge >= 0.3 is 0 Å². The minimum atomic E-state index is -0.0743. The SMILES string of the molecule is CN(CC(=O)Nc1sc2c(c1C#N)CCC2)Cc1ccc2ccccc2c1. The lowest BCUT2D eigenvalue weighted by Crippen LogP contribution is -2.29. The molecule has 136 valence electrons. The van der Waals surface area contributed by atoms with Gasteiger partial charge in [-0.25, -0.2) is 0 Å². The van der Waals surface area contributed by atoms with Gasteiger partial charge in [-0.15, -0.1) is 11.3 Å². The van der Waals surface area contributed by atoms with Crippen molar-refractivity contribution in [3.63, 3.8) is 0 Å². The number of thiophene rings is 1. The number of nitriles is 1. The van der Waals surface area contributed by atoms with Crippen LogP contribution in [-0.2, 0) is 24.2 Å². The first-order valence-electron chi connectivity index (χ1n) is 9.15. The fourth-order valence-corrected chi connectivity index (χ4v) is 4.98. The van der Waals surface area contributed by atoms with E-state index in [2.05, 4.69) is 41.7 Å². The topological polar surface area (TPSA) is 56.1 Å². The molecule has 0 unspecified atom stereocenters. The fourth-order valence-electron chi connectivity index (χ4n) is 3.73. The Bertz CT molecular complexity index is 1050. The van der Waals surface area contributed by atoms with Crippen molar-refractivity contribution in [2.75, 3.05) is 18.9 Å². The zero-order valence-corrected chi connectivity index (χ0v) is 16.1. The van der Waals surface area contributed by atoms with Gasteiger partial charge in [-0.05, 0) is 54.3 Å². The first-order valence-corrected chi connectivity index (χ1v) is 9.96. The Balaban J connectivity index is 1.40. The van der Waals surface area contributed by atoms with Crippen LogP contribution in [0.3, 0.4) is 0 Å². The average molecular weight is 375 g/mol. The molecule has 1 N–H and O–H groups in total. The fraction of sp³-hybridized carbons (Fsp3) is 0.273. The molecule has 0 bridgehead atoms. The van der Waals surface area contributed by atoms with Crippen LogP contribution in [0.2, 0.25) is 0 Å². The molecule has 1 aromatic heterocycles. The van der Waals surface area contributed by atoms with Crippen LogP contribution in [0.15, 0.2) is 42.5 Å². The number of aryl methyl sites for hydroxylation is 1. The number of rotatable bonds is 5. The molecule has 1 aliphatic rings. The van der Waals surface area contributed by atoms with Gasteiger partial charge in [0, 0.05) is 11.4 Å². The first-order chi connectivity index (χ1) is 13.1. The van der Waals surface area contributed by atoms with Gasteiger partial charge in [0.1, 0.15) is 11.1 Å². The summed E-state index contributed by atoms with van der Waals surface area (Å²) in [6, 6.07) is 16.9. The number of nitrogens with zero attached hydrogens (tertiary/aromatic N) is 2. The lowest BCUT2D eigenvalue weighted by Gasteiger charge is -2.16. The summed E-state index contributed by atoms with van der Waals surface area (Å²) in [5.41, 5.74) is 2.98. The van der Waals surface area contributed by atoms with Crippen molar-refractivity contribution in [2.45, 2.75) is 25.8 Å². The molecule has 0 spiro atoms. The van der Waals surface area contributed by atoms with Gasteiger partial charge in [-0.1, -0.05) is 36.4 Å². The minimum absolute atomic E-state index is 0.0743. The van der Waals surface area contributed by atoms with Crippen molar-refractivity contribution in [3.05, 3.63) is 64.0 Å². The third-order valence-corrected chi connectivity index (χ3v) is 6.17. The van der Waals surface area contributed by atoms with E-state index >= 15 is 0 Å². The summed E-state index contributed by atoms with van der Waals surface area (Å²) in [5, 5.41) is 15.5. The maximum atomic E-state index is 12.5. The highest BCUT2D eigenvalue weighted by Crippen LogP contribution is 2.38. The third kappa shape index (κ3) is 3.73. The van der Waals surface area contributed by atoms with E-state index in [4.69, 9.17) is 0 Å². The van der Waals surface area contributed by atoms with Crippen LogP contribution in [0.5, 0.6) is 0 Å². The molecule has 1 heterocycles. The summed E-state index contributed by atoms with van der Waals surface area (Å²) in [6.07, 6.45) is 3.08. The van der Waals surface area contributed by atoms with Crippen molar-refractivity contribution in [1.29, 1.82) is 5.26 Å². The standard InChI is InChI=1S/C22H21N3OS/c1-25(13-15-9-10-16-5-2-3-6-17(16)11-15)14-21(26)24-22-19(12-23)18-7-4-8-20(18)27-22/h2-3,5-6,9-11H,4,7-8,13-14H2,1H3,(H,24,26). The van der Waals surface area contributed by atoms with Crippen LogP contribution >= 0.6 is 11.3 Å². The second kappa shape index (κ2) is 7.51. The van der Waals surface area contributed by atoms with E-state index < -0.39 is 0 Å². The minimum Gasteiger partial charge on any atom is -0.315 e. The van der Waals surface area contributed by atoms with Gasteiger partial charge in [-0.3, -0.25) is 9.69 Å². The second-order valence-electron chi connectivity index (χ2n) is 7.08. The van der Waals surface area contributed by atoms with E-state index in [1.165, 1.54) is 21.2 Å². The van der Waals surface area contributed by atoms with E-state index in [0.717, 1.165) is 24.8 Å². The van der Waals surface area contributed by atoms with Crippen LogP contribution in [0.1, 0.15) is 28.0 Å². The van der Waals surface area contributed by atoms with Gasteiger partial charge in [0.25, 0.3) is 0 Å². The molecule has 4 nitrogen and oxygen atoms in total. The number of fused-ring (bicyclic) bond motifs is 2. The zero-order valence-electron chi connectivity index (χ0n) is 15.3. The number of likely N-dealkylation sites (N-methyl/N-ethyl adjacent to an activating group) is 1. The van der Waals surface area contributed by atoms with Gasteiger partial charge < -0.3 is 5.32 Å². The summed E-state index contributed by atoms with van der Waals surface area (Å²) < 4.78 is 0. The number of carbonyl (C=O) groups excluding carboxylic acids is 1. The van der Waals surface area contributed by atoms with Crippen LogP contribution in [0, 0.1) is 11.3 Å². The molecule has 2 aromatic carbocycles. The third-order valence-electron chi connectivity index (χ3n) is 4.97. The number of anilines is 1. The predicted octanol–water partition coefficient (Wildman–Crippen LogP) is 4.33. The molecule has 0 saturated carbocycles. The van der Waals surface area contributed by atoms with Crippen LogP contribution in [0.25, 0.3) is 10.8 Å². The lowest BCUT2D eigenvalue weighted by atomic mass is 10.1. The van der Waals surface area contributed by atoms with Crippen molar-refractivity contribution in [3.8, 4) is 6.07 Å². The Morgan fingerprint density at radius 3 is 2.85 bits per heavy atom. The molecule has 5 heteroatoms. The lowest BCUT2D eigenvalue weighted by molar-refractivity contribution is -0.117. The maximum absolute atomic E-state index is 12.5. The van der Waals surface area contributed by atoms with E-state index in [9.17, 15) is 10.1 Å². The van der Waals surface area contributed by atoms with E-state index in [1.54, 1.807) is 11.3 Å². The van der Waals surface area contributed by atoms with E-state index in [0.29, 0.717) is 23.7 Å². The summed E-state index contributed by atoms with van der Waals surface area (Å²) in [4.78, 5) is 15.7. The monoisotopic (exact) mass is 375 g/mol. The number of hydrogen-bond acceptors (Lipinski definition) is 4. The Labute approximate surface area is 163 Å². The number of carbonyl (C=O) groups is 1. The smallest absolute Gasteiger partial charge is 0.239 e. The number of hydrogen-bond donors (Lipinski definition) is 1. The van der Waals surface area contributed by atoms with Gasteiger partial charge in [0.05, 0.1) is 12.1 Å². The summed E-state index contributed by atoms with van der Waals surface area (Å²) >= 11 is 1.56. The van der Waals surface area contributed by atoms with Gasteiger partial charge in [-0.2, -0.15) is 5.26 Å². The molecule has 0 atom stereocenters. The molecule has 0 aliphatic heterocycles. The van der Waals surface area contributed by atoms with E-state index in [1.807, 2.05) is 24.1 Å². The van der Waals surface area contributed by atoms with Gasteiger partial charge in [0.2, 0.25) is 5.91 Å². The van der Waals surface area contributed by atoms with E-state index in [-0.39, 0.29) is 5.91 Å². The highest BCUT2D eigenvalue weighted by atomic mass is 32.1. The summed E-state index contributed by atoms with van der Waals surface area (Å²) in [7, 11) is 1.94. The quantitative estimate of drug-likeness (QED) is 0.722. The number of amides is 1. The van der Waals surface area contributed by atoms with Crippen LogP contribution in [-0.4, -0.2) is 24.4 Å². The summed E-state index contributed by atoms with van der Waals surface area (Å²) in [5.74, 6) is -0.0743. The largest absolute Gasteiger partial charge is 0.315 e. The first kappa shape index (κ1) is 17.7. The highest BCUT2D eigenvalue weighted by molar-refractivity contribution is 7.16. The number of nitrogens with one attached hydrogen (secondary N) is 1. The predicted molar refractivity (Wildman–Crippen MR) is 110 cm³/mol. The van der Waals surface area contributed by atoms with Crippen molar-refractivity contribution < 1.29 is 4.79 Å².